The number of aliphatic imine (C=N–C) groups is 1. The Hall–Kier alpha value is -0.850. The predicted octanol–water partition coefficient (Wildman–Crippen LogP) is 2.99. The van der Waals surface area contributed by atoms with Gasteiger partial charge in [-0.2, -0.15) is 0 Å². The molecule has 0 radical (unpaired) electrons. The average molecular weight is 151 g/mol. The van der Waals surface area contributed by atoms with Crippen LogP contribution in [0.5, 0.6) is 0 Å². The predicted molar refractivity (Wildman–Crippen MR) is 52.2 cm³/mol. The zero-order valence-corrected chi connectivity index (χ0v) is 7.29. The highest BCUT2D eigenvalue weighted by atomic mass is 14.7. The van der Waals surface area contributed by atoms with Crippen molar-refractivity contribution in [3.05, 3.63) is 24.3 Å². The average Bonchev–Trinajstić information content (AvgIpc) is 2.03. The fourth-order valence-electron chi connectivity index (χ4n) is 0.682. The topological polar surface area (TPSA) is 12.4 Å². The van der Waals surface area contributed by atoms with Crippen molar-refractivity contribution < 1.29 is 0 Å². The van der Waals surface area contributed by atoms with Crippen LogP contribution in [0.25, 0.3) is 0 Å². The molecule has 0 aliphatic rings. The molecule has 0 aromatic heterocycles. The molecule has 0 atom stereocenters. The Kier molecular flexibility index (Phi) is 8.44. The molecule has 0 aliphatic heterocycles. The van der Waals surface area contributed by atoms with Gasteiger partial charge in [0.05, 0.1) is 0 Å². The van der Waals surface area contributed by atoms with Gasteiger partial charge < -0.3 is 4.99 Å². The lowest BCUT2D eigenvalue weighted by Crippen LogP contribution is -1.71. The van der Waals surface area contributed by atoms with Crippen LogP contribution in [-0.2, 0) is 0 Å². The molecule has 0 rings (SSSR count). The van der Waals surface area contributed by atoms with Crippen LogP contribution < -0.4 is 0 Å². The molecule has 1 nitrogen and oxygen atoms in total. The maximum atomic E-state index is 3.74. The van der Waals surface area contributed by atoms with E-state index in [9.17, 15) is 0 Å². The van der Waals surface area contributed by atoms with Crippen molar-refractivity contribution in [1.82, 2.24) is 0 Å². The van der Waals surface area contributed by atoms with Crippen LogP contribution in [0.1, 0.15) is 26.2 Å². The van der Waals surface area contributed by atoms with Crippen LogP contribution in [0, 0.1) is 0 Å². The Morgan fingerprint density at radius 2 is 1.82 bits per heavy atom. The Bertz CT molecular complexity index is 134. The van der Waals surface area contributed by atoms with Crippen molar-refractivity contribution in [2.45, 2.75) is 26.2 Å². The normalized spacial score (nSPS) is 11.4. The summed E-state index contributed by atoms with van der Waals surface area (Å²) in [5.74, 6) is 0. The van der Waals surface area contributed by atoms with E-state index in [0.29, 0.717) is 0 Å². The van der Waals surface area contributed by atoms with Gasteiger partial charge in [0.1, 0.15) is 0 Å². The van der Waals surface area contributed by atoms with Crippen LogP contribution in [0.4, 0.5) is 0 Å². The highest BCUT2D eigenvalue weighted by molar-refractivity contribution is 5.23. The van der Waals surface area contributed by atoms with Gasteiger partial charge in [0.15, 0.2) is 0 Å². The lowest BCUT2D eigenvalue weighted by Gasteiger charge is -1.83. The largest absolute Gasteiger partial charge is 0.301 e. The molecule has 62 valence electrons. The van der Waals surface area contributed by atoms with Gasteiger partial charge >= 0.3 is 0 Å². The van der Waals surface area contributed by atoms with Crippen molar-refractivity contribution in [3.63, 3.8) is 0 Å². The van der Waals surface area contributed by atoms with E-state index in [0.717, 1.165) is 13.0 Å². The first-order chi connectivity index (χ1) is 5.41. The second-order valence-corrected chi connectivity index (χ2v) is 2.38. The number of rotatable bonds is 6. The summed E-state index contributed by atoms with van der Waals surface area (Å²) in [6.07, 6.45) is 11.8. The second kappa shape index (κ2) is 9.15. The number of hydrogen-bond donors (Lipinski definition) is 0. The summed E-state index contributed by atoms with van der Waals surface area (Å²) < 4.78 is 0. The van der Waals surface area contributed by atoms with E-state index < -0.39 is 0 Å². The van der Waals surface area contributed by atoms with Gasteiger partial charge in [-0.25, -0.2) is 0 Å². The lowest BCUT2D eigenvalue weighted by atomic mass is 10.3. The summed E-state index contributed by atoms with van der Waals surface area (Å²) in [7, 11) is 0. The summed E-state index contributed by atoms with van der Waals surface area (Å²) in [5.41, 5.74) is 0. The smallest absolute Gasteiger partial charge is 0.0416 e. The molecule has 0 saturated carbocycles. The maximum absolute atomic E-state index is 3.74. The molecule has 11 heavy (non-hydrogen) atoms. The first kappa shape index (κ1) is 10.2. The fourth-order valence-corrected chi connectivity index (χ4v) is 0.682. The van der Waals surface area contributed by atoms with E-state index in [4.69, 9.17) is 0 Å². The van der Waals surface area contributed by atoms with E-state index in [-0.39, 0.29) is 0 Å². The van der Waals surface area contributed by atoms with Crippen molar-refractivity contribution in [3.8, 4) is 0 Å². The number of unbranched alkanes of at least 4 members (excludes halogenated alkanes) is 1. The first-order valence-electron chi connectivity index (χ1n) is 4.16. The first-order valence-corrected chi connectivity index (χ1v) is 4.16. The van der Waals surface area contributed by atoms with E-state index in [1.807, 2.05) is 0 Å². The molecule has 0 heterocycles. The molecule has 0 unspecified atom stereocenters. The van der Waals surface area contributed by atoms with Crippen LogP contribution in [0.15, 0.2) is 29.3 Å². The minimum Gasteiger partial charge on any atom is -0.301 e. The third-order valence-corrected chi connectivity index (χ3v) is 1.29. The van der Waals surface area contributed by atoms with E-state index in [1.54, 1.807) is 0 Å². The zero-order chi connectivity index (χ0) is 8.36. The van der Waals surface area contributed by atoms with Gasteiger partial charge in [-0.15, -0.1) is 0 Å². The van der Waals surface area contributed by atoms with Crippen molar-refractivity contribution in [1.29, 1.82) is 0 Å². The Morgan fingerprint density at radius 3 is 2.36 bits per heavy atom. The van der Waals surface area contributed by atoms with Crippen LogP contribution in [0.2, 0.25) is 0 Å². The van der Waals surface area contributed by atoms with Gasteiger partial charge in [-0.05, 0) is 19.6 Å². The monoisotopic (exact) mass is 151 g/mol. The van der Waals surface area contributed by atoms with Gasteiger partial charge in [0.2, 0.25) is 0 Å². The summed E-state index contributed by atoms with van der Waals surface area (Å²) in [6, 6.07) is 0. The molecule has 1 heteroatoms. The molecule has 0 bridgehead atoms. The van der Waals surface area contributed by atoms with Crippen LogP contribution in [0.3, 0.4) is 0 Å². The Morgan fingerprint density at radius 1 is 1.18 bits per heavy atom. The van der Waals surface area contributed by atoms with Crippen molar-refractivity contribution in [2.75, 3.05) is 6.54 Å². The minimum atomic E-state index is 0.831. The number of allylic oxidation sites excluding steroid dienone is 3. The minimum absolute atomic E-state index is 0.831. The maximum Gasteiger partial charge on any atom is 0.0416 e. The summed E-state index contributed by atoms with van der Waals surface area (Å²) in [4.78, 5) is 3.74. The molecule has 0 amide bonds. The van der Waals surface area contributed by atoms with Crippen molar-refractivity contribution >= 4 is 6.72 Å². The van der Waals surface area contributed by atoms with Gasteiger partial charge in [-0.1, -0.05) is 37.6 Å². The Balaban J connectivity index is 3.20. The molecule has 0 N–H and O–H groups in total. The molecular formula is C10H17N. The second-order valence-electron chi connectivity index (χ2n) is 2.38. The molecule has 0 fully saturated rings. The molecule has 0 saturated heterocycles. The number of hydrogen-bond acceptors (Lipinski definition) is 1. The van der Waals surface area contributed by atoms with E-state index >= 15 is 0 Å². The van der Waals surface area contributed by atoms with Gasteiger partial charge in [0, 0.05) is 6.54 Å². The summed E-state index contributed by atoms with van der Waals surface area (Å²) in [5, 5.41) is 0. The third-order valence-electron chi connectivity index (χ3n) is 1.29. The van der Waals surface area contributed by atoms with Crippen LogP contribution >= 0.6 is 0 Å². The van der Waals surface area contributed by atoms with Gasteiger partial charge in [-0.3, -0.25) is 0 Å². The highest BCUT2D eigenvalue weighted by Crippen LogP contribution is 1.90. The summed E-state index contributed by atoms with van der Waals surface area (Å²) in [6.45, 7) is 6.41. The standard InChI is InChI=1S/C10H17N/c1-3-4-5-6-7-8-9-10-11-2/h5-8H,2-4,9-10H2,1H3. The summed E-state index contributed by atoms with van der Waals surface area (Å²) >= 11 is 0. The number of nitrogens with zero attached hydrogens (tertiary/aromatic N) is 1. The molecule has 0 aromatic rings. The lowest BCUT2D eigenvalue weighted by molar-refractivity contribution is 0.958. The Labute approximate surface area is 69.5 Å². The quantitative estimate of drug-likeness (QED) is 0.314. The van der Waals surface area contributed by atoms with E-state index in [1.165, 1.54) is 12.8 Å². The fraction of sp³-hybridized carbons (Fsp3) is 0.500. The third kappa shape index (κ3) is 9.15. The highest BCUT2D eigenvalue weighted by Gasteiger charge is 1.72. The molecule has 0 aromatic carbocycles. The molecule has 0 spiro atoms. The molecule has 0 aliphatic carbocycles. The molecular weight excluding hydrogens is 134 g/mol. The zero-order valence-electron chi connectivity index (χ0n) is 7.29. The van der Waals surface area contributed by atoms with Crippen LogP contribution in [-0.4, -0.2) is 13.3 Å². The van der Waals surface area contributed by atoms with E-state index in [2.05, 4.69) is 42.9 Å². The van der Waals surface area contributed by atoms with Crippen molar-refractivity contribution in [2.24, 2.45) is 4.99 Å². The van der Waals surface area contributed by atoms with Gasteiger partial charge in [0.25, 0.3) is 0 Å². The SMILES string of the molecule is C=NCCC=CC=CCCC.